The molecule has 0 aliphatic heterocycles. The minimum Gasteiger partial charge on any atom is -0.346 e. The van der Waals surface area contributed by atoms with E-state index in [4.69, 9.17) is 0 Å². The van der Waals surface area contributed by atoms with E-state index in [1.165, 1.54) is 22.4 Å². The van der Waals surface area contributed by atoms with Crippen molar-refractivity contribution in [3.05, 3.63) is 58.9 Å². The van der Waals surface area contributed by atoms with Gasteiger partial charge in [0.05, 0.1) is 0 Å². The summed E-state index contributed by atoms with van der Waals surface area (Å²) in [5.41, 5.74) is 5.43. The molecule has 0 atom stereocenters. The van der Waals surface area contributed by atoms with Crippen LogP contribution in [0.3, 0.4) is 0 Å². The molecule has 0 amide bonds. The lowest BCUT2D eigenvalue weighted by Gasteiger charge is -2.13. The van der Waals surface area contributed by atoms with Crippen molar-refractivity contribution < 1.29 is 0 Å². The number of hydrogen-bond acceptors (Lipinski definition) is 1. The lowest BCUT2D eigenvalue weighted by molar-refractivity contribution is 0.564. The Bertz CT molecular complexity index is 538. The van der Waals surface area contributed by atoms with Gasteiger partial charge in [0, 0.05) is 31.0 Å². The summed E-state index contributed by atoms with van der Waals surface area (Å²) in [5.74, 6) is 0. The van der Waals surface area contributed by atoms with Crippen LogP contribution in [0.1, 0.15) is 36.2 Å². The van der Waals surface area contributed by atoms with E-state index in [1.807, 2.05) is 0 Å². The van der Waals surface area contributed by atoms with Crippen molar-refractivity contribution in [2.24, 2.45) is 0 Å². The monoisotopic (exact) mass is 256 g/mol. The van der Waals surface area contributed by atoms with Crippen LogP contribution in [0.2, 0.25) is 0 Å². The molecule has 1 aromatic carbocycles. The Morgan fingerprint density at radius 1 is 1.11 bits per heavy atom. The van der Waals surface area contributed by atoms with E-state index < -0.39 is 0 Å². The molecule has 0 unspecified atom stereocenters. The highest BCUT2D eigenvalue weighted by Gasteiger charge is 2.03. The first kappa shape index (κ1) is 13.9. The zero-order valence-electron chi connectivity index (χ0n) is 12.4. The normalized spacial score (nSPS) is 11.2. The fourth-order valence-corrected chi connectivity index (χ4v) is 2.17. The summed E-state index contributed by atoms with van der Waals surface area (Å²) in [5, 5.41) is 3.47. The molecule has 2 heteroatoms. The SMILES string of the molecule is Cc1ccc(Cn2cccc2CNC(C)C)cc1C. The predicted molar refractivity (Wildman–Crippen MR) is 81.4 cm³/mol. The highest BCUT2D eigenvalue weighted by molar-refractivity contribution is 5.30. The van der Waals surface area contributed by atoms with Crippen molar-refractivity contribution in [1.29, 1.82) is 0 Å². The van der Waals surface area contributed by atoms with Gasteiger partial charge in [0.25, 0.3) is 0 Å². The summed E-state index contributed by atoms with van der Waals surface area (Å²) in [4.78, 5) is 0. The van der Waals surface area contributed by atoms with Gasteiger partial charge in [-0.05, 0) is 42.7 Å². The highest BCUT2D eigenvalue weighted by atomic mass is 15.0. The number of aryl methyl sites for hydroxylation is 2. The molecule has 0 saturated heterocycles. The number of aromatic nitrogens is 1. The fourth-order valence-electron chi connectivity index (χ4n) is 2.17. The van der Waals surface area contributed by atoms with E-state index in [9.17, 15) is 0 Å². The van der Waals surface area contributed by atoms with E-state index in [-0.39, 0.29) is 0 Å². The van der Waals surface area contributed by atoms with Crippen molar-refractivity contribution in [1.82, 2.24) is 9.88 Å². The molecule has 1 heterocycles. The van der Waals surface area contributed by atoms with Crippen molar-refractivity contribution in [2.75, 3.05) is 0 Å². The number of nitrogens with zero attached hydrogens (tertiary/aromatic N) is 1. The fraction of sp³-hybridized carbons (Fsp3) is 0.412. The summed E-state index contributed by atoms with van der Waals surface area (Å²) >= 11 is 0. The second kappa shape index (κ2) is 6.07. The summed E-state index contributed by atoms with van der Waals surface area (Å²) in [6, 6.07) is 11.6. The Kier molecular flexibility index (Phi) is 4.43. The van der Waals surface area contributed by atoms with Crippen LogP contribution < -0.4 is 5.32 Å². The van der Waals surface area contributed by atoms with Crippen LogP contribution in [0.5, 0.6) is 0 Å². The van der Waals surface area contributed by atoms with Gasteiger partial charge in [0.15, 0.2) is 0 Å². The average molecular weight is 256 g/mol. The zero-order valence-corrected chi connectivity index (χ0v) is 12.4. The predicted octanol–water partition coefficient (Wildman–Crippen LogP) is 3.65. The van der Waals surface area contributed by atoms with E-state index in [0.717, 1.165) is 13.1 Å². The quantitative estimate of drug-likeness (QED) is 0.864. The molecule has 0 aliphatic carbocycles. The second-order valence-electron chi connectivity index (χ2n) is 5.58. The van der Waals surface area contributed by atoms with Gasteiger partial charge in [-0.3, -0.25) is 0 Å². The number of hydrogen-bond donors (Lipinski definition) is 1. The minimum absolute atomic E-state index is 0.518. The van der Waals surface area contributed by atoms with Gasteiger partial charge >= 0.3 is 0 Å². The van der Waals surface area contributed by atoms with E-state index in [1.54, 1.807) is 0 Å². The van der Waals surface area contributed by atoms with Crippen LogP contribution in [-0.4, -0.2) is 10.6 Å². The molecule has 0 radical (unpaired) electrons. The molecule has 19 heavy (non-hydrogen) atoms. The molecule has 1 aromatic heterocycles. The number of benzene rings is 1. The van der Waals surface area contributed by atoms with Crippen LogP contribution >= 0.6 is 0 Å². The topological polar surface area (TPSA) is 17.0 Å². The molecule has 2 nitrogen and oxygen atoms in total. The maximum absolute atomic E-state index is 3.47. The van der Waals surface area contributed by atoms with Crippen molar-refractivity contribution in [3.63, 3.8) is 0 Å². The van der Waals surface area contributed by atoms with Crippen LogP contribution in [0, 0.1) is 13.8 Å². The largest absolute Gasteiger partial charge is 0.346 e. The molecule has 102 valence electrons. The third-order valence-corrected chi connectivity index (χ3v) is 3.54. The van der Waals surface area contributed by atoms with Crippen LogP contribution in [0.25, 0.3) is 0 Å². The second-order valence-corrected chi connectivity index (χ2v) is 5.58. The first-order chi connectivity index (χ1) is 9.06. The van der Waals surface area contributed by atoms with Crippen LogP contribution in [0.15, 0.2) is 36.5 Å². The van der Waals surface area contributed by atoms with Gasteiger partial charge in [-0.15, -0.1) is 0 Å². The molecular weight excluding hydrogens is 232 g/mol. The lowest BCUT2D eigenvalue weighted by Crippen LogP contribution is -2.23. The number of nitrogens with one attached hydrogen (secondary N) is 1. The smallest absolute Gasteiger partial charge is 0.0473 e. The Labute approximate surface area is 116 Å². The zero-order chi connectivity index (χ0) is 13.8. The Morgan fingerprint density at radius 2 is 1.89 bits per heavy atom. The molecule has 0 fully saturated rings. The van der Waals surface area contributed by atoms with E-state index in [0.29, 0.717) is 6.04 Å². The summed E-state index contributed by atoms with van der Waals surface area (Å²) in [6.45, 7) is 10.6. The minimum atomic E-state index is 0.518. The highest BCUT2D eigenvalue weighted by Crippen LogP contribution is 2.13. The number of rotatable bonds is 5. The first-order valence-electron chi connectivity index (χ1n) is 7.00. The Balaban J connectivity index is 2.10. The van der Waals surface area contributed by atoms with Gasteiger partial charge < -0.3 is 9.88 Å². The third kappa shape index (κ3) is 3.71. The molecule has 1 N–H and O–H groups in total. The molecular formula is C17H24N2. The molecule has 0 aliphatic rings. The van der Waals surface area contributed by atoms with Gasteiger partial charge in [-0.25, -0.2) is 0 Å². The van der Waals surface area contributed by atoms with Gasteiger partial charge in [0.2, 0.25) is 0 Å². The summed E-state index contributed by atoms with van der Waals surface area (Å²) < 4.78 is 2.32. The van der Waals surface area contributed by atoms with Gasteiger partial charge in [-0.1, -0.05) is 32.0 Å². The molecule has 2 rings (SSSR count). The van der Waals surface area contributed by atoms with Gasteiger partial charge in [-0.2, -0.15) is 0 Å². The molecule has 0 bridgehead atoms. The Hall–Kier alpha value is -1.54. The van der Waals surface area contributed by atoms with Crippen LogP contribution in [-0.2, 0) is 13.1 Å². The lowest BCUT2D eigenvalue weighted by atomic mass is 10.1. The van der Waals surface area contributed by atoms with Crippen molar-refractivity contribution in [3.8, 4) is 0 Å². The van der Waals surface area contributed by atoms with E-state index in [2.05, 4.69) is 74.1 Å². The van der Waals surface area contributed by atoms with Crippen molar-refractivity contribution >= 4 is 0 Å². The Morgan fingerprint density at radius 3 is 2.58 bits per heavy atom. The molecule has 2 aromatic rings. The van der Waals surface area contributed by atoms with Gasteiger partial charge in [0.1, 0.15) is 0 Å². The maximum atomic E-state index is 3.47. The maximum Gasteiger partial charge on any atom is 0.0473 e. The van der Waals surface area contributed by atoms with Crippen LogP contribution in [0.4, 0.5) is 0 Å². The third-order valence-electron chi connectivity index (χ3n) is 3.54. The standard InChI is InChI=1S/C17H24N2/c1-13(2)18-11-17-6-5-9-19(17)12-16-8-7-14(3)15(4)10-16/h5-10,13,18H,11-12H2,1-4H3. The molecule has 0 saturated carbocycles. The average Bonchev–Trinajstić information content (AvgIpc) is 2.79. The first-order valence-corrected chi connectivity index (χ1v) is 7.00. The summed E-state index contributed by atoms with van der Waals surface area (Å²) in [6.07, 6.45) is 2.16. The van der Waals surface area contributed by atoms with Crippen molar-refractivity contribution in [2.45, 2.75) is 46.8 Å². The van der Waals surface area contributed by atoms with E-state index >= 15 is 0 Å². The summed E-state index contributed by atoms with van der Waals surface area (Å²) in [7, 11) is 0. The molecule has 0 spiro atoms.